The number of carbonyl (C=O) groups excluding carboxylic acids is 1. The molecular weight excluding hydrogens is 276 g/mol. The van der Waals surface area contributed by atoms with Gasteiger partial charge in [0.2, 0.25) is 0 Å². The molecule has 0 saturated carbocycles. The van der Waals surface area contributed by atoms with Crippen LogP contribution in [0.2, 0.25) is 0 Å². The standard InChI is InChI=1S/C14H12N2O3S/c17-11(8-15-14(18)10-5-6-19-16-10)13-7-9-3-1-2-4-12(9)20-13/h1-7,11,17H,8H2,(H,15,18)/t11-/m0/s1. The second kappa shape index (κ2) is 5.44. The zero-order valence-electron chi connectivity index (χ0n) is 10.4. The molecule has 2 aromatic heterocycles. The third-order valence-corrected chi connectivity index (χ3v) is 4.12. The Kier molecular flexibility index (Phi) is 3.49. The quantitative estimate of drug-likeness (QED) is 0.772. The number of hydrogen-bond acceptors (Lipinski definition) is 5. The second-order valence-corrected chi connectivity index (χ2v) is 5.41. The molecule has 2 heterocycles. The molecule has 1 amide bonds. The van der Waals surface area contributed by atoms with E-state index in [0.717, 1.165) is 15.0 Å². The normalized spacial score (nSPS) is 12.4. The van der Waals surface area contributed by atoms with Crippen molar-refractivity contribution >= 4 is 27.3 Å². The summed E-state index contributed by atoms with van der Waals surface area (Å²) in [4.78, 5) is 12.5. The number of nitrogens with one attached hydrogen (secondary N) is 1. The number of rotatable bonds is 4. The number of aromatic nitrogens is 1. The number of fused-ring (bicyclic) bond motifs is 1. The molecule has 1 atom stereocenters. The summed E-state index contributed by atoms with van der Waals surface area (Å²) in [5.41, 5.74) is 0.202. The Balaban J connectivity index is 1.67. The number of benzene rings is 1. The highest BCUT2D eigenvalue weighted by atomic mass is 32.1. The molecule has 2 N–H and O–H groups in total. The van der Waals surface area contributed by atoms with Crippen LogP contribution in [0.15, 0.2) is 47.2 Å². The Morgan fingerprint density at radius 2 is 2.25 bits per heavy atom. The van der Waals surface area contributed by atoms with Crippen molar-refractivity contribution in [2.45, 2.75) is 6.10 Å². The van der Waals surface area contributed by atoms with Crippen LogP contribution in [0, 0.1) is 0 Å². The summed E-state index contributed by atoms with van der Waals surface area (Å²) in [6, 6.07) is 11.3. The summed E-state index contributed by atoms with van der Waals surface area (Å²) < 4.78 is 5.71. The summed E-state index contributed by atoms with van der Waals surface area (Å²) in [6.07, 6.45) is 0.598. The predicted octanol–water partition coefficient (Wildman–Crippen LogP) is 2.35. The topological polar surface area (TPSA) is 75.4 Å². The molecule has 0 fully saturated rings. The van der Waals surface area contributed by atoms with Crippen LogP contribution in [0.1, 0.15) is 21.5 Å². The lowest BCUT2D eigenvalue weighted by Crippen LogP contribution is -2.28. The molecule has 3 rings (SSSR count). The van der Waals surface area contributed by atoms with E-state index in [1.165, 1.54) is 23.7 Å². The molecule has 0 spiro atoms. The van der Waals surface area contributed by atoms with Crippen molar-refractivity contribution in [1.82, 2.24) is 10.5 Å². The summed E-state index contributed by atoms with van der Waals surface area (Å²) in [5.74, 6) is -0.362. The van der Waals surface area contributed by atoms with Gasteiger partial charge in [-0.05, 0) is 17.5 Å². The largest absolute Gasteiger partial charge is 0.386 e. The number of amides is 1. The zero-order chi connectivity index (χ0) is 13.9. The summed E-state index contributed by atoms with van der Waals surface area (Å²) in [5, 5.41) is 17.4. The molecule has 0 saturated heterocycles. The molecular formula is C14H12N2O3S. The maximum atomic E-state index is 11.7. The van der Waals surface area contributed by atoms with E-state index in [1.54, 1.807) is 0 Å². The molecule has 0 unspecified atom stereocenters. The minimum atomic E-state index is -0.733. The van der Waals surface area contributed by atoms with Crippen molar-refractivity contribution < 1.29 is 14.4 Å². The van der Waals surface area contributed by atoms with Gasteiger partial charge in [0.05, 0.1) is 0 Å². The molecule has 0 bridgehead atoms. The second-order valence-electron chi connectivity index (χ2n) is 4.30. The number of hydrogen-bond donors (Lipinski definition) is 2. The Hall–Kier alpha value is -2.18. The van der Waals surface area contributed by atoms with Gasteiger partial charge < -0.3 is 14.9 Å². The van der Waals surface area contributed by atoms with Crippen molar-refractivity contribution in [3.05, 3.63) is 53.2 Å². The van der Waals surface area contributed by atoms with E-state index >= 15 is 0 Å². The van der Waals surface area contributed by atoms with Crippen LogP contribution >= 0.6 is 11.3 Å². The molecule has 0 aliphatic rings. The van der Waals surface area contributed by atoms with Gasteiger partial charge >= 0.3 is 0 Å². The van der Waals surface area contributed by atoms with Gasteiger partial charge in [-0.3, -0.25) is 4.79 Å². The number of carbonyl (C=O) groups is 1. The number of aliphatic hydroxyl groups excluding tert-OH is 1. The molecule has 6 heteroatoms. The fourth-order valence-corrected chi connectivity index (χ4v) is 2.93. The molecule has 0 aliphatic carbocycles. The Morgan fingerprint density at radius 1 is 1.40 bits per heavy atom. The fraction of sp³-hybridized carbons (Fsp3) is 0.143. The van der Waals surface area contributed by atoms with E-state index in [1.807, 2.05) is 30.3 Å². The molecule has 20 heavy (non-hydrogen) atoms. The average molecular weight is 288 g/mol. The van der Waals surface area contributed by atoms with Gasteiger partial charge in [-0.25, -0.2) is 0 Å². The van der Waals surface area contributed by atoms with Gasteiger partial charge in [-0.15, -0.1) is 11.3 Å². The first-order valence-corrected chi connectivity index (χ1v) is 6.91. The monoisotopic (exact) mass is 288 g/mol. The molecule has 1 aromatic carbocycles. The first kappa shape index (κ1) is 12.8. The molecule has 5 nitrogen and oxygen atoms in total. The van der Waals surface area contributed by atoms with Gasteiger partial charge in [-0.1, -0.05) is 23.4 Å². The molecule has 0 radical (unpaired) electrons. The lowest BCUT2D eigenvalue weighted by molar-refractivity contribution is 0.0909. The maximum absolute atomic E-state index is 11.7. The zero-order valence-corrected chi connectivity index (χ0v) is 11.3. The van der Waals surface area contributed by atoms with Gasteiger partial charge in [0.25, 0.3) is 5.91 Å². The van der Waals surface area contributed by atoms with E-state index in [-0.39, 0.29) is 18.1 Å². The summed E-state index contributed by atoms with van der Waals surface area (Å²) in [6.45, 7) is 0.137. The van der Waals surface area contributed by atoms with E-state index in [4.69, 9.17) is 0 Å². The highest BCUT2D eigenvalue weighted by Gasteiger charge is 2.14. The van der Waals surface area contributed by atoms with Crippen LogP contribution in [0.3, 0.4) is 0 Å². The number of nitrogens with zero attached hydrogens (tertiary/aromatic N) is 1. The van der Waals surface area contributed by atoms with Gasteiger partial charge in [0.1, 0.15) is 12.4 Å². The third-order valence-electron chi connectivity index (χ3n) is 2.90. The van der Waals surface area contributed by atoms with Crippen molar-refractivity contribution in [3.63, 3.8) is 0 Å². The van der Waals surface area contributed by atoms with Crippen LogP contribution in [0.4, 0.5) is 0 Å². The minimum absolute atomic E-state index is 0.137. The smallest absolute Gasteiger partial charge is 0.273 e. The van der Waals surface area contributed by atoms with Crippen molar-refractivity contribution in [2.24, 2.45) is 0 Å². The highest BCUT2D eigenvalue weighted by Crippen LogP contribution is 2.29. The van der Waals surface area contributed by atoms with E-state index in [0.29, 0.717) is 0 Å². The lowest BCUT2D eigenvalue weighted by Gasteiger charge is -2.08. The predicted molar refractivity (Wildman–Crippen MR) is 75.6 cm³/mol. The average Bonchev–Trinajstić information content (AvgIpc) is 3.12. The maximum Gasteiger partial charge on any atom is 0.273 e. The highest BCUT2D eigenvalue weighted by molar-refractivity contribution is 7.19. The number of aliphatic hydroxyl groups is 1. The van der Waals surface area contributed by atoms with Crippen LogP contribution < -0.4 is 5.32 Å². The van der Waals surface area contributed by atoms with Gasteiger partial charge in [0.15, 0.2) is 5.69 Å². The Morgan fingerprint density at radius 3 is 3.00 bits per heavy atom. The molecule has 0 aliphatic heterocycles. The Labute approximate surface area is 118 Å². The van der Waals surface area contributed by atoms with Crippen LogP contribution in [0.25, 0.3) is 10.1 Å². The molecule has 3 aromatic rings. The first-order chi connectivity index (χ1) is 9.74. The third kappa shape index (κ3) is 2.56. The number of thiophene rings is 1. The van der Waals surface area contributed by atoms with Gasteiger partial charge in [0, 0.05) is 22.2 Å². The Bertz CT molecular complexity index is 688. The van der Waals surface area contributed by atoms with Crippen LogP contribution in [0.5, 0.6) is 0 Å². The van der Waals surface area contributed by atoms with Crippen molar-refractivity contribution in [3.8, 4) is 0 Å². The summed E-state index contributed by atoms with van der Waals surface area (Å²) in [7, 11) is 0. The molecule has 102 valence electrons. The van der Waals surface area contributed by atoms with E-state index < -0.39 is 6.10 Å². The minimum Gasteiger partial charge on any atom is -0.386 e. The fourth-order valence-electron chi connectivity index (χ4n) is 1.88. The SMILES string of the molecule is O=C(NC[C@H](O)c1cc2ccccc2s1)c1ccon1. The first-order valence-electron chi connectivity index (χ1n) is 6.09. The van der Waals surface area contributed by atoms with Crippen LogP contribution in [-0.4, -0.2) is 22.7 Å². The van der Waals surface area contributed by atoms with E-state index in [9.17, 15) is 9.90 Å². The lowest BCUT2D eigenvalue weighted by atomic mass is 10.2. The van der Waals surface area contributed by atoms with Crippen LogP contribution in [-0.2, 0) is 0 Å². The van der Waals surface area contributed by atoms with Gasteiger partial charge in [-0.2, -0.15) is 0 Å². The summed E-state index contributed by atoms with van der Waals surface area (Å²) >= 11 is 1.52. The van der Waals surface area contributed by atoms with Crippen molar-refractivity contribution in [1.29, 1.82) is 0 Å². The van der Waals surface area contributed by atoms with E-state index in [2.05, 4.69) is 15.0 Å². The van der Waals surface area contributed by atoms with Crippen molar-refractivity contribution in [2.75, 3.05) is 6.54 Å².